The van der Waals surface area contributed by atoms with Crippen LogP contribution in [0.5, 0.6) is 0 Å². The average molecular weight is 469 g/mol. The molecule has 0 heterocycles. The second kappa shape index (κ2) is 7.34. The molecular weight excluding hydrogens is 438 g/mol. The van der Waals surface area contributed by atoms with E-state index >= 15 is 0 Å². The first-order valence-electron chi connectivity index (χ1n) is 10.4. The minimum atomic E-state index is -6.06. The molecule has 1 unspecified atom stereocenters. The maximum atomic E-state index is 13.4. The first-order chi connectivity index (χ1) is 13.9. The first kappa shape index (κ1) is 24.3. The predicted octanol–water partition coefficient (Wildman–Crippen LogP) is 2.55. The number of halogens is 2. The van der Waals surface area contributed by atoms with Crippen LogP contribution in [0.1, 0.15) is 59.8 Å². The molecule has 4 bridgehead atoms. The Labute approximate surface area is 180 Å². The maximum Gasteiger partial charge on any atom is 0.465 e. The lowest BCUT2D eigenvalue weighted by Gasteiger charge is -2.64. The van der Waals surface area contributed by atoms with Crippen LogP contribution in [0, 0.1) is 29.1 Å². The van der Waals surface area contributed by atoms with Gasteiger partial charge >= 0.3 is 27.3 Å². The Kier molecular flexibility index (Phi) is 5.76. The van der Waals surface area contributed by atoms with Crippen LogP contribution in [0.4, 0.5) is 8.78 Å². The lowest BCUT2D eigenvalue weighted by Crippen LogP contribution is -2.66. The van der Waals surface area contributed by atoms with Crippen LogP contribution in [0.15, 0.2) is 0 Å². The van der Waals surface area contributed by atoms with Crippen molar-refractivity contribution < 1.29 is 45.9 Å². The molecule has 2 N–H and O–H groups in total. The van der Waals surface area contributed by atoms with Gasteiger partial charge in [0.1, 0.15) is 12.2 Å². The zero-order valence-electron chi connectivity index (χ0n) is 18.1. The van der Waals surface area contributed by atoms with Crippen molar-refractivity contribution in [3.05, 3.63) is 0 Å². The molecule has 178 valence electrons. The zero-order valence-corrected chi connectivity index (χ0v) is 18.9. The van der Waals surface area contributed by atoms with Gasteiger partial charge in [-0.1, -0.05) is 20.8 Å². The number of rotatable bonds is 6. The molecule has 4 aliphatic rings. The van der Waals surface area contributed by atoms with E-state index in [4.69, 9.17) is 9.29 Å². The van der Waals surface area contributed by atoms with E-state index in [2.05, 4.69) is 4.74 Å². The van der Waals surface area contributed by atoms with Crippen LogP contribution in [-0.2, 0) is 29.2 Å². The highest BCUT2D eigenvalue weighted by Gasteiger charge is 2.65. The third-order valence-electron chi connectivity index (χ3n) is 7.27. The van der Waals surface area contributed by atoms with E-state index < -0.39 is 50.5 Å². The lowest BCUT2D eigenvalue weighted by atomic mass is 9.45. The minimum Gasteiger partial charge on any atom is -0.457 e. The van der Waals surface area contributed by atoms with Crippen molar-refractivity contribution in [2.24, 2.45) is 29.1 Å². The lowest BCUT2D eigenvalue weighted by molar-refractivity contribution is -0.255. The Morgan fingerprint density at radius 3 is 1.81 bits per heavy atom. The molecule has 31 heavy (non-hydrogen) atoms. The Morgan fingerprint density at radius 2 is 1.42 bits per heavy atom. The second-order valence-electron chi connectivity index (χ2n) is 10.6. The fraction of sp³-hybridized carbons (Fsp3) is 0.900. The normalized spacial score (nSPS) is 34.8. The molecule has 4 rings (SSSR count). The van der Waals surface area contributed by atoms with Crippen LogP contribution in [0.3, 0.4) is 0 Å². The predicted molar refractivity (Wildman–Crippen MR) is 103 cm³/mol. The summed E-state index contributed by atoms with van der Waals surface area (Å²) in [6.45, 7) is 5.58. The number of aliphatic hydroxyl groups is 1. The molecule has 0 radical (unpaired) electrons. The fourth-order valence-electron chi connectivity index (χ4n) is 6.15. The quantitative estimate of drug-likeness (QED) is 0.450. The summed E-state index contributed by atoms with van der Waals surface area (Å²) in [4.78, 5) is 24.4. The summed E-state index contributed by atoms with van der Waals surface area (Å²) in [6.07, 6.45) is 4.83. The van der Waals surface area contributed by atoms with Gasteiger partial charge in [-0.2, -0.15) is 17.2 Å². The molecule has 0 aromatic heterocycles. The van der Waals surface area contributed by atoms with Crippen molar-refractivity contribution in [3.8, 4) is 0 Å². The number of carbonyl (C=O) groups is 2. The van der Waals surface area contributed by atoms with Crippen molar-refractivity contribution in [1.82, 2.24) is 0 Å². The Hall–Kier alpha value is -1.33. The third-order valence-corrected chi connectivity index (χ3v) is 8.09. The van der Waals surface area contributed by atoms with Crippen molar-refractivity contribution in [2.75, 3.05) is 6.61 Å². The average Bonchev–Trinajstić information content (AvgIpc) is 2.59. The van der Waals surface area contributed by atoms with Gasteiger partial charge in [-0.05, 0) is 50.9 Å². The molecule has 11 heteroatoms. The van der Waals surface area contributed by atoms with Crippen molar-refractivity contribution in [1.29, 1.82) is 0 Å². The molecule has 0 aromatic rings. The standard InChI is InChI=1S/C20H30F2O8S/c1-17(2,3)19(13-6-11-5-12(8-13)9-14(19)7-11)30-15(23)18(4,25)10-29-16(24)20(21,22)31(26,27)28/h11-14,25H,5-10H2,1-4H3,(H,26,27,28). The van der Waals surface area contributed by atoms with Gasteiger partial charge in [-0.3, -0.25) is 4.55 Å². The molecule has 0 spiro atoms. The highest BCUT2D eigenvalue weighted by atomic mass is 32.2. The van der Waals surface area contributed by atoms with E-state index in [1.807, 2.05) is 20.8 Å². The second-order valence-corrected chi connectivity index (χ2v) is 12.0. The molecule has 4 aliphatic carbocycles. The van der Waals surface area contributed by atoms with Gasteiger partial charge in [0.2, 0.25) is 0 Å². The van der Waals surface area contributed by atoms with Crippen molar-refractivity contribution in [3.63, 3.8) is 0 Å². The minimum absolute atomic E-state index is 0.106. The van der Waals surface area contributed by atoms with Crippen LogP contribution in [-0.4, -0.2) is 53.1 Å². The highest BCUT2D eigenvalue weighted by Crippen LogP contribution is 2.64. The molecule has 0 saturated heterocycles. The largest absolute Gasteiger partial charge is 0.465 e. The fourth-order valence-corrected chi connectivity index (χ4v) is 6.42. The van der Waals surface area contributed by atoms with Gasteiger partial charge in [0.15, 0.2) is 5.60 Å². The molecule has 4 saturated carbocycles. The van der Waals surface area contributed by atoms with E-state index in [9.17, 15) is 31.9 Å². The van der Waals surface area contributed by atoms with Gasteiger partial charge in [0, 0.05) is 17.3 Å². The van der Waals surface area contributed by atoms with Gasteiger partial charge in [-0.25, -0.2) is 9.59 Å². The molecule has 8 nitrogen and oxygen atoms in total. The van der Waals surface area contributed by atoms with Crippen molar-refractivity contribution in [2.45, 2.75) is 76.3 Å². The summed E-state index contributed by atoms with van der Waals surface area (Å²) in [5.74, 6) is -2.34. The number of hydrogen-bond acceptors (Lipinski definition) is 7. The summed E-state index contributed by atoms with van der Waals surface area (Å²) >= 11 is 0. The topological polar surface area (TPSA) is 127 Å². The van der Waals surface area contributed by atoms with E-state index in [0.717, 1.165) is 32.6 Å². The van der Waals surface area contributed by atoms with Gasteiger partial charge < -0.3 is 14.6 Å². The van der Waals surface area contributed by atoms with E-state index in [-0.39, 0.29) is 11.8 Å². The molecule has 0 amide bonds. The number of esters is 2. The zero-order chi connectivity index (χ0) is 23.6. The van der Waals surface area contributed by atoms with Gasteiger partial charge in [0.05, 0.1) is 0 Å². The Balaban J connectivity index is 1.77. The van der Waals surface area contributed by atoms with Crippen LogP contribution >= 0.6 is 0 Å². The Bertz CT molecular complexity index is 831. The van der Waals surface area contributed by atoms with Gasteiger partial charge in [0.25, 0.3) is 0 Å². The first-order valence-corrected chi connectivity index (χ1v) is 11.8. The SMILES string of the molecule is CC(O)(COC(=O)C(F)(F)S(=O)(=O)O)C(=O)OC1(C(C)(C)C)C2CC3CC(C2)CC1C3. The molecule has 4 fully saturated rings. The van der Waals surface area contributed by atoms with E-state index in [1.165, 1.54) is 6.42 Å². The Morgan fingerprint density at radius 1 is 0.968 bits per heavy atom. The van der Waals surface area contributed by atoms with Crippen LogP contribution in [0.25, 0.3) is 0 Å². The number of ether oxygens (including phenoxy) is 2. The molecule has 0 aromatic carbocycles. The van der Waals surface area contributed by atoms with E-state index in [1.54, 1.807) is 0 Å². The molecular formula is C20H30F2O8S. The summed E-state index contributed by atoms with van der Waals surface area (Å²) in [7, 11) is -6.06. The summed E-state index contributed by atoms with van der Waals surface area (Å²) in [6, 6.07) is 0. The third kappa shape index (κ3) is 3.97. The van der Waals surface area contributed by atoms with Crippen LogP contribution < -0.4 is 0 Å². The molecule has 1 atom stereocenters. The van der Waals surface area contributed by atoms with Crippen LogP contribution in [0.2, 0.25) is 0 Å². The summed E-state index contributed by atoms with van der Waals surface area (Å²) in [5.41, 5.74) is -3.81. The summed E-state index contributed by atoms with van der Waals surface area (Å²) < 4.78 is 66.7. The number of alkyl halides is 2. The van der Waals surface area contributed by atoms with Gasteiger partial charge in [-0.15, -0.1) is 0 Å². The number of hydrogen-bond donors (Lipinski definition) is 2. The monoisotopic (exact) mass is 468 g/mol. The summed E-state index contributed by atoms with van der Waals surface area (Å²) in [5, 5.41) is 5.31. The number of carbonyl (C=O) groups excluding carboxylic acids is 2. The molecule has 0 aliphatic heterocycles. The van der Waals surface area contributed by atoms with E-state index in [0.29, 0.717) is 11.8 Å². The van der Waals surface area contributed by atoms with Crippen molar-refractivity contribution >= 4 is 22.1 Å². The highest BCUT2D eigenvalue weighted by molar-refractivity contribution is 7.87. The smallest absolute Gasteiger partial charge is 0.457 e. The maximum absolute atomic E-state index is 13.4.